The highest BCUT2D eigenvalue weighted by molar-refractivity contribution is 14.1. The van der Waals surface area contributed by atoms with Gasteiger partial charge in [0.15, 0.2) is 11.5 Å². The number of ether oxygens (including phenoxy) is 2. The molecule has 2 amide bonds. The molecule has 0 radical (unpaired) electrons. The van der Waals surface area contributed by atoms with Gasteiger partial charge in [-0.25, -0.2) is 4.79 Å². The van der Waals surface area contributed by atoms with Crippen LogP contribution in [0.15, 0.2) is 24.3 Å². The van der Waals surface area contributed by atoms with Gasteiger partial charge in [-0.05, 0) is 133 Å². The summed E-state index contributed by atoms with van der Waals surface area (Å²) in [5.41, 5.74) is 5.87. The third-order valence-corrected chi connectivity index (χ3v) is 8.09. The summed E-state index contributed by atoms with van der Waals surface area (Å²) in [5, 5.41) is 11.8. The zero-order valence-corrected chi connectivity index (χ0v) is 28.2. The van der Waals surface area contributed by atoms with Crippen LogP contribution in [-0.4, -0.2) is 34.9 Å². The second-order valence-corrected chi connectivity index (χ2v) is 12.7. The highest BCUT2D eigenvalue weighted by Crippen LogP contribution is 2.37. The highest BCUT2D eigenvalue weighted by Gasteiger charge is 2.21. The lowest BCUT2D eigenvalue weighted by Crippen LogP contribution is -2.41. The Labute approximate surface area is 268 Å². The van der Waals surface area contributed by atoms with E-state index in [1.807, 2.05) is 12.1 Å². The summed E-state index contributed by atoms with van der Waals surface area (Å²) in [6, 6.07) is 6.17. The minimum Gasteiger partial charge on any atom is -0.480 e. The number of carboxylic acid groups (broad SMARTS) is 1. The minimum absolute atomic E-state index is 0.141. The molecule has 0 aliphatic heterocycles. The zero-order valence-electron chi connectivity index (χ0n) is 19.6. The van der Waals surface area contributed by atoms with Crippen LogP contribution in [0, 0.1) is 14.3 Å². The molecule has 0 spiro atoms. The minimum atomic E-state index is -1.10. The first-order valence-corrected chi connectivity index (χ1v) is 15.3. The molecule has 0 unspecified atom stereocenters. The summed E-state index contributed by atoms with van der Waals surface area (Å²) >= 11 is 8.43. The maximum absolute atomic E-state index is 12.3. The van der Waals surface area contributed by atoms with Crippen molar-refractivity contribution in [2.75, 3.05) is 0 Å². The van der Waals surface area contributed by atoms with Gasteiger partial charge in [-0.2, -0.15) is 0 Å². The molecule has 2 aromatic rings. The third-order valence-electron chi connectivity index (χ3n) is 4.89. The van der Waals surface area contributed by atoms with Crippen molar-refractivity contribution in [1.29, 1.82) is 0 Å². The number of benzene rings is 2. The molecular weight excluding hydrogens is 936 g/mol. The first-order valence-electron chi connectivity index (χ1n) is 11.0. The fourth-order valence-corrected chi connectivity index (χ4v) is 7.28. The van der Waals surface area contributed by atoms with Crippen molar-refractivity contribution in [2.24, 2.45) is 5.73 Å². The molecule has 0 saturated carbocycles. The van der Waals surface area contributed by atoms with Crippen LogP contribution >= 0.6 is 90.4 Å². The maximum atomic E-state index is 12.3. The normalized spacial score (nSPS) is 11.5. The molecule has 2 rings (SSSR count). The topological polar surface area (TPSA) is 145 Å². The fourth-order valence-electron chi connectivity index (χ4n) is 3.23. The van der Waals surface area contributed by atoms with Crippen molar-refractivity contribution in [3.63, 3.8) is 0 Å². The highest BCUT2D eigenvalue weighted by atomic mass is 127. The monoisotopic (exact) mass is 960 g/mol. The van der Waals surface area contributed by atoms with Crippen LogP contribution in [0.1, 0.15) is 44.6 Å². The Morgan fingerprint density at radius 1 is 0.892 bits per heavy atom. The van der Waals surface area contributed by atoms with E-state index in [0.717, 1.165) is 19.1 Å². The van der Waals surface area contributed by atoms with E-state index in [-0.39, 0.29) is 24.7 Å². The van der Waals surface area contributed by atoms with Gasteiger partial charge >= 0.3 is 11.9 Å². The van der Waals surface area contributed by atoms with Gasteiger partial charge in [0.2, 0.25) is 11.8 Å². The molecule has 0 aliphatic rings. The summed E-state index contributed by atoms with van der Waals surface area (Å²) in [7, 11) is 0. The predicted molar refractivity (Wildman–Crippen MR) is 171 cm³/mol. The molecule has 4 N–H and O–H groups in total. The van der Waals surface area contributed by atoms with Crippen LogP contribution in [0.3, 0.4) is 0 Å². The van der Waals surface area contributed by atoms with E-state index in [4.69, 9.17) is 15.2 Å². The number of hydrogen-bond donors (Lipinski definition) is 3. The molecular formula is C24H24I4N2O7. The predicted octanol–water partition coefficient (Wildman–Crippen LogP) is 5.37. The van der Waals surface area contributed by atoms with E-state index in [2.05, 4.69) is 95.7 Å². The number of amides is 2. The van der Waals surface area contributed by atoms with Crippen LogP contribution in [0.5, 0.6) is 17.2 Å². The number of primary amides is 1. The summed E-state index contributed by atoms with van der Waals surface area (Å²) in [4.78, 5) is 45.9. The molecule has 0 bridgehead atoms. The number of unbranched alkanes of at least 4 members (excludes halogenated alkanes) is 2. The molecule has 0 heterocycles. The largest absolute Gasteiger partial charge is 0.480 e. The fraction of sp³-hybridized carbons (Fsp3) is 0.333. The van der Waals surface area contributed by atoms with Crippen molar-refractivity contribution in [2.45, 2.75) is 51.5 Å². The molecule has 37 heavy (non-hydrogen) atoms. The van der Waals surface area contributed by atoms with E-state index in [9.17, 15) is 24.3 Å². The first-order chi connectivity index (χ1) is 17.4. The number of carboxylic acids is 1. The van der Waals surface area contributed by atoms with Gasteiger partial charge in [0.1, 0.15) is 11.8 Å². The average Bonchev–Trinajstić information content (AvgIpc) is 2.77. The number of carbonyl (C=O) groups excluding carboxylic acids is 3. The standard InChI is InChI=1S/C24H24I4N2O7/c1-12(31)30-19(24(34)35)9-13-7-15(25)22(16(26)8-13)36-14-10-17(27)23(18(28)11-14)37-21(33)6-4-2-3-5-20(29)32/h7-8,10-11,19H,2-6,9H2,1H3,(H2,29,32)(H,30,31)(H,34,35)/t19-/m0/s1. The van der Waals surface area contributed by atoms with E-state index in [1.165, 1.54) is 6.92 Å². The summed E-state index contributed by atoms with van der Waals surface area (Å²) in [6.45, 7) is 1.28. The summed E-state index contributed by atoms with van der Waals surface area (Å²) in [6.07, 6.45) is 2.69. The number of rotatable bonds is 13. The number of nitrogens with one attached hydrogen (secondary N) is 1. The van der Waals surface area contributed by atoms with E-state index in [1.54, 1.807) is 12.1 Å². The number of halogens is 4. The molecule has 2 aromatic carbocycles. The van der Waals surface area contributed by atoms with Crippen LogP contribution < -0.4 is 20.5 Å². The van der Waals surface area contributed by atoms with Crippen molar-refractivity contribution >= 4 is 114 Å². The Balaban J connectivity index is 2.09. The number of carbonyl (C=O) groups is 4. The lowest BCUT2D eigenvalue weighted by molar-refractivity contribution is -0.141. The van der Waals surface area contributed by atoms with Crippen LogP contribution in [0.2, 0.25) is 0 Å². The molecule has 0 fully saturated rings. The van der Waals surface area contributed by atoms with Gasteiger partial charge in [-0.1, -0.05) is 6.42 Å². The average molecular weight is 960 g/mol. The van der Waals surface area contributed by atoms with Gasteiger partial charge in [0, 0.05) is 26.2 Å². The molecule has 0 aliphatic carbocycles. The van der Waals surface area contributed by atoms with Gasteiger partial charge < -0.3 is 25.6 Å². The summed E-state index contributed by atoms with van der Waals surface area (Å²) in [5.74, 6) is -0.559. The van der Waals surface area contributed by atoms with Gasteiger partial charge in [-0.15, -0.1) is 0 Å². The molecule has 0 aromatic heterocycles. The van der Waals surface area contributed by atoms with Crippen LogP contribution in [0.4, 0.5) is 0 Å². The Morgan fingerprint density at radius 2 is 1.43 bits per heavy atom. The van der Waals surface area contributed by atoms with E-state index >= 15 is 0 Å². The summed E-state index contributed by atoms with van der Waals surface area (Å²) < 4.78 is 14.7. The SMILES string of the molecule is CC(=O)N[C@@H](Cc1cc(I)c(Oc2cc(I)c(OC(=O)CCCCCC(N)=O)c(I)c2)c(I)c1)C(=O)O. The number of nitrogens with two attached hydrogens (primary N) is 1. The molecule has 9 nitrogen and oxygen atoms in total. The quantitative estimate of drug-likeness (QED) is 0.106. The van der Waals surface area contributed by atoms with Crippen LogP contribution in [-0.2, 0) is 25.6 Å². The number of aliphatic carboxylic acids is 1. The number of esters is 1. The van der Waals surface area contributed by atoms with Crippen molar-refractivity contribution in [3.8, 4) is 17.2 Å². The van der Waals surface area contributed by atoms with Gasteiger partial charge in [-0.3, -0.25) is 14.4 Å². The van der Waals surface area contributed by atoms with Gasteiger partial charge in [0.05, 0.1) is 14.3 Å². The molecule has 200 valence electrons. The molecule has 13 heteroatoms. The Hall–Kier alpha value is -0.960. The first kappa shape index (κ1) is 32.3. The Kier molecular flexibility index (Phi) is 13.6. The Bertz CT molecular complexity index is 1140. The second kappa shape index (κ2) is 15.6. The van der Waals surface area contributed by atoms with E-state index in [0.29, 0.717) is 43.7 Å². The second-order valence-electron chi connectivity index (χ2n) is 8.00. The molecule has 0 saturated heterocycles. The van der Waals surface area contributed by atoms with E-state index < -0.39 is 17.9 Å². The van der Waals surface area contributed by atoms with Crippen molar-refractivity contribution in [1.82, 2.24) is 5.32 Å². The molecule has 1 atom stereocenters. The zero-order chi connectivity index (χ0) is 27.7. The Morgan fingerprint density at radius 3 is 1.95 bits per heavy atom. The lowest BCUT2D eigenvalue weighted by atomic mass is 10.1. The van der Waals surface area contributed by atoms with Crippen LogP contribution in [0.25, 0.3) is 0 Å². The maximum Gasteiger partial charge on any atom is 0.326 e. The number of hydrogen-bond acceptors (Lipinski definition) is 6. The van der Waals surface area contributed by atoms with Gasteiger partial charge in [0.25, 0.3) is 0 Å². The van der Waals surface area contributed by atoms with Crippen molar-refractivity contribution in [3.05, 3.63) is 44.1 Å². The lowest BCUT2D eigenvalue weighted by Gasteiger charge is -2.17. The smallest absolute Gasteiger partial charge is 0.326 e. The third kappa shape index (κ3) is 11.0. The van der Waals surface area contributed by atoms with Crippen molar-refractivity contribution < 1.29 is 33.8 Å².